The second-order valence-corrected chi connectivity index (χ2v) is 10.1. The standard InChI is InChI=1S/C19H24O4.C9H10O4/c1-22-16-7-17(23-2)15(6-14(16)18(20)21)19-8-11-3-12(9-19)5-13(4-11)10-19;1-12-6-3-4-7(9(10)11)8(5-6)13-2/h6-7,11-13H,3-5,8-10H2,1-2H3,(H,20,21);3-5H,1-2H3,(H,10,11). The molecule has 4 bridgehead atoms. The molecule has 4 saturated carbocycles. The zero-order valence-corrected chi connectivity index (χ0v) is 21.2. The highest BCUT2D eigenvalue weighted by Gasteiger charge is 2.52. The molecule has 6 rings (SSSR count). The summed E-state index contributed by atoms with van der Waals surface area (Å²) < 4.78 is 20.7. The van der Waals surface area contributed by atoms with Crippen molar-refractivity contribution in [2.75, 3.05) is 28.4 Å². The Morgan fingerprint density at radius 3 is 1.64 bits per heavy atom. The van der Waals surface area contributed by atoms with Crippen LogP contribution in [0.5, 0.6) is 23.0 Å². The summed E-state index contributed by atoms with van der Waals surface area (Å²) in [6.07, 6.45) is 7.64. The summed E-state index contributed by atoms with van der Waals surface area (Å²) >= 11 is 0. The number of hydrogen-bond donors (Lipinski definition) is 2. The van der Waals surface area contributed by atoms with Gasteiger partial charge < -0.3 is 29.2 Å². The minimum absolute atomic E-state index is 0.108. The second kappa shape index (κ2) is 10.3. The molecular weight excluding hydrogens is 464 g/mol. The predicted molar refractivity (Wildman–Crippen MR) is 133 cm³/mol. The molecule has 8 heteroatoms. The molecule has 194 valence electrons. The zero-order chi connectivity index (χ0) is 26.0. The van der Waals surface area contributed by atoms with Crippen molar-refractivity contribution in [3.05, 3.63) is 47.0 Å². The summed E-state index contributed by atoms with van der Waals surface area (Å²) in [5, 5.41) is 18.3. The van der Waals surface area contributed by atoms with Gasteiger partial charge >= 0.3 is 11.9 Å². The first-order valence-electron chi connectivity index (χ1n) is 12.2. The third-order valence-electron chi connectivity index (χ3n) is 8.00. The number of ether oxygens (including phenoxy) is 4. The van der Waals surface area contributed by atoms with Crippen molar-refractivity contribution in [3.8, 4) is 23.0 Å². The number of benzene rings is 2. The molecule has 0 amide bonds. The highest BCUT2D eigenvalue weighted by molar-refractivity contribution is 5.92. The van der Waals surface area contributed by atoms with E-state index in [2.05, 4.69) is 0 Å². The monoisotopic (exact) mass is 498 g/mol. The highest BCUT2D eigenvalue weighted by atomic mass is 16.5. The summed E-state index contributed by atoms with van der Waals surface area (Å²) in [6, 6.07) is 8.14. The summed E-state index contributed by atoms with van der Waals surface area (Å²) in [5.41, 5.74) is 1.58. The van der Waals surface area contributed by atoms with Gasteiger partial charge in [0.2, 0.25) is 0 Å². The van der Waals surface area contributed by atoms with Crippen LogP contribution in [0.4, 0.5) is 0 Å². The Hall–Kier alpha value is -3.42. The quantitative estimate of drug-likeness (QED) is 0.531. The summed E-state index contributed by atoms with van der Waals surface area (Å²) in [5.74, 6) is 2.50. The van der Waals surface area contributed by atoms with Crippen LogP contribution in [-0.4, -0.2) is 50.6 Å². The van der Waals surface area contributed by atoms with E-state index in [4.69, 9.17) is 24.1 Å². The molecule has 0 aromatic heterocycles. The van der Waals surface area contributed by atoms with Crippen LogP contribution in [0.3, 0.4) is 0 Å². The highest BCUT2D eigenvalue weighted by Crippen LogP contribution is 2.62. The van der Waals surface area contributed by atoms with Crippen LogP contribution in [-0.2, 0) is 5.41 Å². The van der Waals surface area contributed by atoms with Crippen molar-refractivity contribution in [2.45, 2.75) is 43.9 Å². The van der Waals surface area contributed by atoms with Crippen molar-refractivity contribution < 1.29 is 38.7 Å². The lowest BCUT2D eigenvalue weighted by molar-refractivity contribution is -0.00621. The molecule has 0 spiro atoms. The van der Waals surface area contributed by atoms with Gasteiger partial charge in [-0.1, -0.05) is 0 Å². The summed E-state index contributed by atoms with van der Waals surface area (Å²) in [6.45, 7) is 0. The topological polar surface area (TPSA) is 112 Å². The Bertz CT molecular complexity index is 1100. The van der Waals surface area contributed by atoms with E-state index in [0.717, 1.165) is 29.1 Å². The van der Waals surface area contributed by atoms with Crippen molar-refractivity contribution in [3.63, 3.8) is 0 Å². The fourth-order valence-electron chi connectivity index (χ4n) is 6.90. The lowest BCUT2D eigenvalue weighted by Gasteiger charge is -2.57. The first-order chi connectivity index (χ1) is 17.2. The Balaban J connectivity index is 0.000000200. The smallest absolute Gasteiger partial charge is 0.339 e. The molecule has 0 atom stereocenters. The van der Waals surface area contributed by atoms with E-state index in [9.17, 15) is 14.7 Å². The first-order valence-corrected chi connectivity index (χ1v) is 12.2. The van der Waals surface area contributed by atoms with E-state index >= 15 is 0 Å². The number of aromatic carboxylic acids is 2. The van der Waals surface area contributed by atoms with Crippen molar-refractivity contribution in [2.24, 2.45) is 17.8 Å². The minimum Gasteiger partial charge on any atom is -0.497 e. The molecule has 2 aromatic carbocycles. The molecule has 2 N–H and O–H groups in total. The van der Waals surface area contributed by atoms with Crippen LogP contribution in [0.15, 0.2) is 30.3 Å². The average molecular weight is 499 g/mol. The number of methoxy groups -OCH3 is 4. The van der Waals surface area contributed by atoms with Gasteiger partial charge in [0, 0.05) is 17.7 Å². The SMILES string of the molecule is COc1cc(OC)c(C23CC4CC(CC(C4)C2)C3)cc1C(=O)O.COc1ccc(C(=O)O)c(OC)c1. The van der Waals surface area contributed by atoms with E-state index in [1.54, 1.807) is 19.2 Å². The number of rotatable bonds is 7. The molecule has 0 heterocycles. The van der Waals surface area contributed by atoms with Gasteiger partial charge in [-0.05, 0) is 79.9 Å². The van der Waals surface area contributed by atoms with Gasteiger partial charge in [0.15, 0.2) is 0 Å². The van der Waals surface area contributed by atoms with Gasteiger partial charge in [-0.2, -0.15) is 0 Å². The van der Waals surface area contributed by atoms with Gasteiger partial charge in [-0.3, -0.25) is 0 Å². The minimum atomic E-state index is -1.01. The lowest BCUT2D eigenvalue weighted by Crippen LogP contribution is -2.48. The molecule has 0 saturated heterocycles. The molecule has 0 aliphatic heterocycles. The van der Waals surface area contributed by atoms with Gasteiger partial charge in [0.1, 0.15) is 34.1 Å². The summed E-state index contributed by atoms with van der Waals surface area (Å²) in [4.78, 5) is 22.3. The van der Waals surface area contributed by atoms with Gasteiger partial charge in [-0.25, -0.2) is 9.59 Å². The molecule has 0 unspecified atom stereocenters. The Kier molecular flexibility index (Phi) is 7.33. The third-order valence-corrected chi connectivity index (χ3v) is 8.00. The number of hydrogen-bond acceptors (Lipinski definition) is 6. The van der Waals surface area contributed by atoms with Crippen LogP contribution in [0.1, 0.15) is 64.8 Å². The molecular formula is C28H34O8. The van der Waals surface area contributed by atoms with Crippen molar-refractivity contribution >= 4 is 11.9 Å². The Morgan fingerprint density at radius 2 is 1.19 bits per heavy atom. The normalized spacial score (nSPS) is 25.4. The molecule has 8 nitrogen and oxygen atoms in total. The number of carboxylic acids is 2. The maximum Gasteiger partial charge on any atom is 0.339 e. The largest absolute Gasteiger partial charge is 0.497 e. The van der Waals surface area contributed by atoms with Crippen LogP contribution in [0, 0.1) is 17.8 Å². The average Bonchev–Trinajstić information content (AvgIpc) is 2.86. The molecule has 36 heavy (non-hydrogen) atoms. The van der Waals surface area contributed by atoms with Crippen molar-refractivity contribution in [1.82, 2.24) is 0 Å². The van der Waals surface area contributed by atoms with Crippen LogP contribution >= 0.6 is 0 Å². The molecule has 4 fully saturated rings. The fourth-order valence-corrected chi connectivity index (χ4v) is 6.90. The Morgan fingerprint density at radius 1 is 0.694 bits per heavy atom. The zero-order valence-electron chi connectivity index (χ0n) is 21.2. The third kappa shape index (κ3) is 4.81. The number of carboxylic acid groups (broad SMARTS) is 2. The first kappa shape index (κ1) is 25.7. The fraction of sp³-hybridized carbons (Fsp3) is 0.500. The lowest BCUT2D eigenvalue weighted by atomic mass is 9.48. The molecule has 4 aliphatic rings. The number of carbonyl (C=O) groups is 2. The van der Waals surface area contributed by atoms with Crippen molar-refractivity contribution in [1.29, 1.82) is 0 Å². The predicted octanol–water partition coefficient (Wildman–Crippen LogP) is 5.27. The van der Waals surface area contributed by atoms with Crippen LogP contribution < -0.4 is 18.9 Å². The molecule has 0 radical (unpaired) electrons. The van der Waals surface area contributed by atoms with E-state index in [1.165, 1.54) is 72.0 Å². The van der Waals surface area contributed by atoms with Gasteiger partial charge in [-0.15, -0.1) is 0 Å². The molecule has 4 aliphatic carbocycles. The molecule has 2 aromatic rings. The summed E-state index contributed by atoms with van der Waals surface area (Å²) in [7, 11) is 6.10. The second-order valence-electron chi connectivity index (χ2n) is 10.1. The van der Waals surface area contributed by atoms with Gasteiger partial charge in [0.05, 0.1) is 28.4 Å². The van der Waals surface area contributed by atoms with Gasteiger partial charge in [0.25, 0.3) is 0 Å². The van der Waals surface area contributed by atoms with E-state index in [1.807, 2.05) is 6.07 Å². The van der Waals surface area contributed by atoms with Crippen LogP contribution in [0.25, 0.3) is 0 Å². The maximum atomic E-state index is 11.6. The van der Waals surface area contributed by atoms with Crippen LogP contribution in [0.2, 0.25) is 0 Å². The van der Waals surface area contributed by atoms with E-state index < -0.39 is 11.9 Å². The van der Waals surface area contributed by atoms with E-state index in [-0.39, 0.29) is 16.5 Å². The maximum absolute atomic E-state index is 11.6. The van der Waals surface area contributed by atoms with E-state index in [0.29, 0.717) is 17.2 Å². The Labute approximate surface area is 211 Å².